The highest BCUT2D eigenvalue weighted by Crippen LogP contribution is 2.29. The number of rotatable bonds is 3. The topological polar surface area (TPSA) is 93.8 Å². The molecule has 2 aromatic rings. The van der Waals surface area contributed by atoms with Crippen molar-refractivity contribution in [2.45, 2.75) is 13.1 Å². The van der Waals surface area contributed by atoms with Crippen molar-refractivity contribution in [3.63, 3.8) is 0 Å². The van der Waals surface area contributed by atoms with E-state index < -0.39 is 17.8 Å². The van der Waals surface area contributed by atoms with Gasteiger partial charge in [0.05, 0.1) is 23.7 Å². The highest BCUT2D eigenvalue weighted by atomic mass is 32.1. The second kappa shape index (κ2) is 5.04. The minimum atomic E-state index is -4.55. The molecule has 2 aromatic heterocycles. The van der Waals surface area contributed by atoms with Crippen LogP contribution in [0.2, 0.25) is 0 Å². The lowest BCUT2D eigenvalue weighted by molar-refractivity contribution is -0.141. The molecule has 0 aliphatic rings. The van der Waals surface area contributed by atoms with Crippen LogP contribution in [0, 0.1) is 6.92 Å². The molecule has 0 bridgehead atoms. The number of aromatic nitrogens is 3. The van der Waals surface area contributed by atoms with Crippen molar-refractivity contribution >= 4 is 28.3 Å². The van der Waals surface area contributed by atoms with Gasteiger partial charge in [-0.15, -0.1) is 0 Å². The van der Waals surface area contributed by atoms with Gasteiger partial charge in [0, 0.05) is 0 Å². The van der Waals surface area contributed by atoms with Gasteiger partial charge in [0.15, 0.2) is 5.69 Å². The highest BCUT2D eigenvalue weighted by Gasteiger charge is 2.32. The Morgan fingerprint density at radius 1 is 1.35 bits per heavy atom. The van der Waals surface area contributed by atoms with E-state index in [0.717, 1.165) is 17.7 Å². The second-order valence-corrected chi connectivity index (χ2v) is 4.52. The number of anilines is 2. The molecule has 20 heavy (non-hydrogen) atoms. The third kappa shape index (κ3) is 2.85. The Morgan fingerprint density at radius 3 is 2.55 bits per heavy atom. The third-order valence-electron chi connectivity index (χ3n) is 2.29. The summed E-state index contributed by atoms with van der Waals surface area (Å²) >= 11 is 0.957. The minimum Gasteiger partial charge on any atom is -0.365 e. The maximum Gasteiger partial charge on any atom is 0.434 e. The molecule has 0 unspecified atom stereocenters. The molecule has 0 aromatic carbocycles. The molecule has 0 radical (unpaired) electrons. The summed E-state index contributed by atoms with van der Waals surface area (Å²) in [6.45, 7) is 1.60. The number of amides is 1. The van der Waals surface area contributed by atoms with Gasteiger partial charge < -0.3 is 11.1 Å². The lowest BCUT2D eigenvalue weighted by atomic mass is 10.2. The van der Waals surface area contributed by atoms with Crippen LogP contribution >= 0.6 is 11.5 Å². The van der Waals surface area contributed by atoms with E-state index in [0.29, 0.717) is 16.9 Å². The fraction of sp³-hybridized carbons (Fsp3) is 0.200. The van der Waals surface area contributed by atoms with Gasteiger partial charge in [-0.1, -0.05) is 0 Å². The van der Waals surface area contributed by atoms with Gasteiger partial charge in [-0.25, -0.2) is 9.97 Å². The standard InChI is InChI=1S/C10H8F3N5OS/c1-4-7(8(14)19)9(20-18-4)17-6-3-15-5(2-16-6)10(11,12)13/h2-3H,1H3,(H2,14,19)(H,16,17). The average Bonchev–Trinajstić information content (AvgIpc) is 2.70. The van der Waals surface area contributed by atoms with Crippen molar-refractivity contribution in [3.05, 3.63) is 29.3 Å². The number of aryl methyl sites for hydroxylation is 1. The van der Waals surface area contributed by atoms with Gasteiger partial charge in [0.1, 0.15) is 10.8 Å². The summed E-state index contributed by atoms with van der Waals surface area (Å²) in [4.78, 5) is 18.1. The zero-order valence-electron chi connectivity index (χ0n) is 10.0. The van der Waals surface area contributed by atoms with Crippen molar-refractivity contribution in [2.75, 3.05) is 5.32 Å². The van der Waals surface area contributed by atoms with Gasteiger partial charge >= 0.3 is 6.18 Å². The molecule has 0 saturated carbocycles. The summed E-state index contributed by atoms with van der Waals surface area (Å²) in [6, 6.07) is 0. The molecule has 3 N–H and O–H groups in total. The summed E-state index contributed by atoms with van der Waals surface area (Å²) in [5.74, 6) is -0.622. The number of hydrogen-bond acceptors (Lipinski definition) is 6. The SMILES string of the molecule is Cc1nsc(Nc2cnc(C(F)(F)F)cn2)c1C(N)=O. The fourth-order valence-corrected chi connectivity index (χ4v) is 2.21. The molecule has 0 atom stereocenters. The smallest absolute Gasteiger partial charge is 0.365 e. The van der Waals surface area contributed by atoms with Crippen LogP contribution in [0.1, 0.15) is 21.7 Å². The summed E-state index contributed by atoms with van der Waals surface area (Å²) in [5.41, 5.74) is 4.71. The zero-order valence-corrected chi connectivity index (χ0v) is 10.8. The van der Waals surface area contributed by atoms with Crippen LogP contribution in [-0.4, -0.2) is 20.2 Å². The molecular formula is C10H8F3N5OS. The molecule has 1 amide bonds. The van der Waals surface area contributed by atoms with Gasteiger partial charge in [0.2, 0.25) is 0 Å². The molecule has 2 rings (SSSR count). The van der Waals surface area contributed by atoms with Crippen molar-refractivity contribution < 1.29 is 18.0 Å². The van der Waals surface area contributed by atoms with E-state index in [1.807, 2.05) is 0 Å². The van der Waals surface area contributed by atoms with Crippen LogP contribution in [0.3, 0.4) is 0 Å². The minimum absolute atomic E-state index is 0.0594. The molecule has 6 nitrogen and oxygen atoms in total. The predicted octanol–water partition coefficient (Wildman–Crippen LogP) is 2.10. The van der Waals surface area contributed by atoms with Gasteiger partial charge in [-0.2, -0.15) is 17.5 Å². The van der Waals surface area contributed by atoms with E-state index >= 15 is 0 Å². The van der Waals surface area contributed by atoms with Crippen LogP contribution in [0.15, 0.2) is 12.4 Å². The summed E-state index contributed by atoms with van der Waals surface area (Å²) in [6.07, 6.45) is -3.03. The fourth-order valence-electron chi connectivity index (χ4n) is 1.40. The van der Waals surface area contributed by atoms with Crippen LogP contribution in [0.4, 0.5) is 24.0 Å². The Hall–Kier alpha value is -2.23. The number of hydrogen-bond donors (Lipinski definition) is 2. The summed E-state index contributed by atoms with van der Waals surface area (Å²) < 4.78 is 40.9. The Balaban J connectivity index is 2.25. The average molecular weight is 303 g/mol. The number of halogens is 3. The lowest BCUT2D eigenvalue weighted by Crippen LogP contribution is -2.13. The number of carbonyl (C=O) groups is 1. The van der Waals surface area contributed by atoms with Gasteiger partial charge in [0.25, 0.3) is 5.91 Å². The van der Waals surface area contributed by atoms with Gasteiger partial charge in [-0.05, 0) is 18.5 Å². The first-order valence-electron chi connectivity index (χ1n) is 5.21. The number of nitrogens with one attached hydrogen (secondary N) is 1. The number of nitrogens with two attached hydrogens (primary N) is 1. The second-order valence-electron chi connectivity index (χ2n) is 3.75. The van der Waals surface area contributed by atoms with E-state index in [1.54, 1.807) is 6.92 Å². The quantitative estimate of drug-likeness (QED) is 0.905. The Kier molecular flexibility index (Phi) is 3.57. The van der Waals surface area contributed by atoms with Crippen molar-refractivity contribution in [3.8, 4) is 0 Å². The van der Waals surface area contributed by atoms with E-state index in [-0.39, 0.29) is 11.4 Å². The highest BCUT2D eigenvalue weighted by molar-refractivity contribution is 7.10. The van der Waals surface area contributed by atoms with Crippen molar-refractivity contribution in [1.29, 1.82) is 0 Å². The van der Waals surface area contributed by atoms with Crippen LogP contribution in [0.25, 0.3) is 0 Å². The summed E-state index contributed by atoms with van der Waals surface area (Å²) in [5, 5.41) is 2.98. The number of alkyl halides is 3. The Morgan fingerprint density at radius 2 is 2.05 bits per heavy atom. The monoisotopic (exact) mass is 303 g/mol. The van der Waals surface area contributed by atoms with E-state index in [2.05, 4.69) is 19.7 Å². The predicted molar refractivity (Wildman–Crippen MR) is 65.7 cm³/mol. The van der Waals surface area contributed by atoms with Crippen LogP contribution in [0.5, 0.6) is 0 Å². The summed E-state index contributed by atoms with van der Waals surface area (Å²) in [7, 11) is 0. The Labute approximate surface area is 115 Å². The maximum absolute atomic E-state index is 12.3. The number of carbonyl (C=O) groups excluding carboxylic acids is 1. The first kappa shape index (κ1) is 14.2. The zero-order chi connectivity index (χ0) is 14.9. The van der Waals surface area contributed by atoms with Crippen molar-refractivity contribution in [1.82, 2.24) is 14.3 Å². The molecule has 10 heteroatoms. The number of primary amides is 1. The molecule has 106 valence electrons. The van der Waals surface area contributed by atoms with Crippen molar-refractivity contribution in [2.24, 2.45) is 5.73 Å². The number of nitrogens with zero attached hydrogens (tertiary/aromatic N) is 3. The molecule has 0 fully saturated rings. The lowest BCUT2D eigenvalue weighted by Gasteiger charge is -2.07. The van der Waals surface area contributed by atoms with E-state index in [4.69, 9.17) is 5.73 Å². The largest absolute Gasteiger partial charge is 0.434 e. The molecule has 0 aliphatic carbocycles. The maximum atomic E-state index is 12.3. The van der Waals surface area contributed by atoms with Gasteiger partial charge in [-0.3, -0.25) is 4.79 Å². The first-order valence-corrected chi connectivity index (χ1v) is 5.98. The van der Waals surface area contributed by atoms with Crippen LogP contribution in [-0.2, 0) is 6.18 Å². The molecule has 0 saturated heterocycles. The normalized spacial score (nSPS) is 11.4. The first-order chi connectivity index (χ1) is 9.29. The molecule has 0 spiro atoms. The van der Waals surface area contributed by atoms with E-state index in [9.17, 15) is 18.0 Å². The Bertz CT molecular complexity index is 637. The third-order valence-corrected chi connectivity index (χ3v) is 3.15. The van der Waals surface area contributed by atoms with Crippen LogP contribution < -0.4 is 11.1 Å². The molecular weight excluding hydrogens is 295 g/mol. The molecule has 0 aliphatic heterocycles. The van der Waals surface area contributed by atoms with E-state index in [1.165, 1.54) is 0 Å². The molecule has 2 heterocycles.